The highest BCUT2D eigenvalue weighted by molar-refractivity contribution is 5.07. The van der Waals surface area contributed by atoms with Gasteiger partial charge in [0.25, 0.3) is 0 Å². The van der Waals surface area contributed by atoms with Gasteiger partial charge in [0.2, 0.25) is 0 Å². The maximum Gasteiger partial charge on any atom is 0.0681 e. The van der Waals surface area contributed by atoms with Crippen molar-refractivity contribution in [3.8, 4) is 0 Å². The van der Waals surface area contributed by atoms with E-state index < -0.39 is 0 Å². The van der Waals surface area contributed by atoms with Crippen LogP contribution >= 0.6 is 0 Å². The molecular weight excluding hydrogens is 136 g/mol. The first-order valence-electron chi connectivity index (χ1n) is 5.00. The van der Waals surface area contributed by atoms with Crippen LogP contribution in [0, 0.1) is 17.8 Å². The minimum absolute atomic E-state index is 0.189. The van der Waals surface area contributed by atoms with Crippen LogP contribution in [0.25, 0.3) is 0 Å². The van der Waals surface area contributed by atoms with Crippen molar-refractivity contribution in [1.29, 1.82) is 0 Å². The van der Waals surface area contributed by atoms with Crippen LogP contribution in [0.15, 0.2) is 0 Å². The Labute approximate surface area is 67.8 Å². The van der Waals surface area contributed by atoms with Crippen molar-refractivity contribution in [2.45, 2.75) is 44.1 Å². The average molecular weight is 152 g/mol. The molecule has 2 bridgehead atoms. The summed E-state index contributed by atoms with van der Waals surface area (Å²) in [5, 5.41) is 10.2. The third-order valence-electron chi connectivity index (χ3n) is 4.31. The maximum absolute atomic E-state index is 10.2. The van der Waals surface area contributed by atoms with Crippen molar-refractivity contribution >= 4 is 0 Å². The quantitative estimate of drug-likeness (QED) is 0.562. The zero-order chi connectivity index (χ0) is 7.47. The van der Waals surface area contributed by atoms with Crippen molar-refractivity contribution in [2.24, 2.45) is 17.8 Å². The molecule has 0 aromatic rings. The van der Waals surface area contributed by atoms with Crippen LogP contribution in [-0.2, 0) is 0 Å². The Balaban J connectivity index is 1.97. The number of hydrogen-bond acceptors (Lipinski definition) is 1. The SMILES string of the molecule is O[C@@]12CCC[C@H]3C[C@H](C[C@@H]31)C2. The Morgan fingerprint density at radius 2 is 2.18 bits per heavy atom. The highest BCUT2D eigenvalue weighted by Gasteiger charge is 2.55. The van der Waals surface area contributed by atoms with E-state index in [1.54, 1.807) is 0 Å². The average Bonchev–Trinajstić information content (AvgIpc) is 2.40. The molecule has 3 aliphatic carbocycles. The predicted molar refractivity (Wildman–Crippen MR) is 43.1 cm³/mol. The third kappa shape index (κ3) is 0.703. The maximum atomic E-state index is 10.2. The lowest BCUT2D eigenvalue weighted by Gasteiger charge is -2.42. The molecule has 0 heterocycles. The van der Waals surface area contributed by atoms with E-state index in [2.05, 4.69) is 0 Å². The van der Waals surface area contributed by atoms with E-state index in [1.807, 2.05) is 0 Å². The Morgan fingerprint density at radius 1 is 1.27 bits per heavy atom. The molecule has 11 heavy (non-hydrogen) atoms. The van der Waals surface area contributed by atoms with Gasteiger partial charge in [-0.25, -0.2) is 0 Å². The molecule has 0 unspecified atom stereocenters. The van der Waals surface area contributed by atoms with E-state index in [9.17, 15) is 5.11 Å². The van der Waals surface area contributed by atoms with Gasteiger partial charge in [-0.1, -0.05) is 6.42 Å². The summed E-state index contributed by atoms with van der Waals surface area (Å²) in [6, 6.07) is 0. The van der Waals surface area contributed by atoms with Gasteiger partial charge in [-0.05, 0) is 49.9 Å². The Kier molecular flexibility index (Phi) is 1.07. The zero-order valence-electron chi connectivity index (χ0n) is 6.92. The second-order valence-corrected chi connectivity index (χ2v) is 4.90. The lowest BCUT2D eigenvalue weighted by molar-refractivity contribution is -0.0666. The fourth-order valence-electron chi connectivity index (χ4n) is 3.99. The molecule has 0 spiro atoms. The van der Waals surface area contributed by atoms with Crippen molar-refractivity contribution in [1.82, 2.24) is 0 Å². The summed E-state index contributed by atoms with van der Waals surface area (Å²) in [6.07, 6.45) is 7.71. The Morgan fingerprint density at radius 3 is 2.82 bits per heavy atom. The van der Waals surface area contributed by atoms with Crippen molar-refractivity contribution in [2.75, 3.05) is 0 Å². The molecule has 0 radical (unpaired) electrons. The molecular formula is C10H16O. The largest absolute Gasteiger partial charge is 0.390 e. The first-order chi connectivity index (χ1) is 5.28. The van der Waals surface area contributed by atoms with Crippen LogP contribution in [0.2, 0.25) is 0 Å². The molecule has 62 valence electrons. The third-order valence-corrected chi connectivity index (χ3v) is 4.31. The van der Waals surface area contributed by atoms with Crippen LogP contribution in [0.3, 0.4) is 0 Å². The first-order valence-corrected chi connectivity index (χ1v) is 5.00. The fraction of sp³-hybridized carbons (Fsp3) is 1.00. The second kappa shape index (κ2) is 1.82. The molecule has 3 fully saturated rings. The molecule has 0 aromatic carbocycles. The van der Waals surface area contributed by atoms with E-state index in [0.717, 1.165) is 24.7 Å². The molecule has 0 aliphatic heterocycles. The smallest absolute Gasteiger partial charge is 0.0681 e. The van der Waals surface area contributed by atoms with Crippen LogP contribution in [0.4, 0.5) is 0 Å². The fourth-order valence-corrected chi connectivity index (χ4v) is 3.99. The molecule has 0 amide bonds. The highest BCUT2D eigenvalue weighted by Crippen LogP contribution is 2.59. The van der Waals surface area contributed by atoms with E-state index in [0.29, 0.717) is 5.92 Å². The lowest BCUT2D eigenvalue weighted by Crippen LogP contribution is -2.42. The second-order valence-electron chi connectivity index (χ2n) is 4.90. The van der Waals surface area contributed by atoms with Crippen LogP contribution in [0.1, 0.15) is 38.5 Å². The number of fused-ring (bicyclic) bond motifs is 1. The van der Waals surface area contributed by atoms with Gasteiger partial charge in [-0.15, -0.1) is 0 Å². The Bertz CT molecular complexity index is 189. The number of rotatable bonds is 0. The molecule has 3 rings (SSSR count). The summed E-state index contributed by atoms with van der Waals surface area (Å²) >= 11 is 0. The molecule has 1 nitrogen and oxygen atoms in total. The zero-order valence-corrected chi connectivity index (χ0v) is 6.92. The van der Waals surface area contributed by atoms with E-state index in [-0.39, 0.29) is 5.60 Å². The van der Waals surface area contributed by atoms with E-state index in [4.69, 9.17) is 0 Å². The van der Waals surface area contributed by atoms with Crippen molar-refractivity contribution in [3.63, 3.8) is 0 Å². The minimum atomic E-state index is -0.189. The number of hydrogen-bond donors (Lipinski definition) is 1. The molecule has 3 saturated carbocycles. The summed E-state index contributed by atoms with van der Waals surface area (Å²) in [4.78, 5) is 0. The molecule has 3 aliphatic rings. The van der Waals surface area contributed by atoms with Crippen molar-refractivity contribution < 1.29 is 5.11 Å². The van der Waals surface area contributed by atoms with Gasteiger partial charge in [-0.2, -0.15) is 0 Å². The van der Waals surface area contributed by atoms with Gasteiger partial charge < -0.3 is 5.11 Å². The molecule has 1 N–H and O–H groups in total. The molecule has 4 atom stereocenters. The topological polar surface area (TPSA) is 20.2 Å². The summed E-state index contributed by atoms with van der Waals surface area (Å²) in [5.74, 6) is 2.52. The summed E-state index contributed by atoms with van der Waals surface area (Å²) < 4.78 is 0. The Hall–Kier alpha value is -0.0400. The van der Waals surface area contributed by atoms with Gasteiger partial charge >= 0.3 is 0 Å². The molecule has 0 aromatic heterocycles. The van der Waals surface area contributed by atoms with Gasteiger partial charge in [0, 0.05) is 0 Å². The highest BCUT2D eigenvalue weighted by atomic mass is 16.3. The lowest BCUT2D eigenvalue weighted by atomic mass is 9.68. The molecule has 1 heteroatoms. The summed E-state index contributed by atoms with van der Waals surface area (Å²) in [6.45, 7) is 0. The van der Waals surface area contributed by atoms with E-state index >= 15 is 0 Å². The van der Waals surface area contributed by atoms with Gasteiger partial charge in [0.05, 0.1) is 5.60 Å². The standard InChI is InChI=1S/C10H16O/c11-10-3-1-2-8-4-7(6-10)5-9(8)10/h7-9,11H,1-6H2/t7-,8+,9+,10-/m1/s1. The summed E-state index contributed by atoms with van der Waals surface area (Å²) in [5.41, 5.74) is -0.189. The van der Waals surface area contributed by atoms with Crippen LogP contribution in [-0.4, -0.2) is 10.7 Å². The first kappa shape index (κ1) is 6.47. The predicted octanol–water partition coefficient (Wildman–Crippen LogP) is 1.95. The van der Waals surface area contributed by atoms with Crippen molar-refractivity contribution in [3.05, 3.63) is 0 Å². The van der Waals surface area contributed by atoms with Gasteiger partial charge in [-0.3, -0.25) is 0 Å². The summed E-state index contributed by atoms with van der Waals surface area (Å²) in [7, 11) is 0. The molecule has 0 saturated heterocycles. The van der Waals surface area contributed by atoms with E-state index in [1.165, 1.54) is 25.7 Å². The monoisotopic (exact) mass is 152 g/mol. The van der Waals surface area contributed by atoms with Crippen LogP contribution < -0.4 is 0 Å². The van der Waals surface area contributed by atoms with Crippen LogP contribution in [0.5, 0.6) is 0 Å². The van der Waals surface area contributed by atoms with Gasteiger partial charge in [0.1, 0.15) is 0 Å². The van der Waals surface area contributed by atoms with Gasteiger partial charge in [0.15, 0.2) is 0 Å². The minimum Gasteiger partial charge on any atom is -0.390 e. The number of aliphatic hydroxyl groups is 1. The normalized spacial score (nSPS) is 60.3.